The van der Waals surface area contributed by atoms with Crippen LogP contribution >= 0.6 is 63.7 Å². The van der Waals surface area contributed by atoms with Crippen molar-refractivity contribution in [3.63, 3.8) is 0 Å². The lowest BCUT2D eigenvalue weighted by atomic mass is 9.97. The van der Waals surface area contributed by atoms with Gasteiger partial charge >= 0.3 is 23.9 Å². The van der Waals surface area contributed by atoms with Crippen molar-refractivity contribution in [2.24, 2.45) is 0 Å². The summed E-state index contributed by atoms with van der Waals surface area (Å²) in [5, 5.41) is 0. The van der Waals surface area contributed by atoms with Gasteiger partial charge < -0.3 is 18.9 Å². The van der Waals surface area contributed by atoms with Crippen molar-refractivity contribution in [1.82, 2.24) is 19.9 Å². The summed E-state index contributed by atoms with van der Waals surface area (Å²) in [7, 11) is 0. The molecule has 50 heavy (non-hydrogen) atoms. The number of hydrogen-bond acceptors (Lipinski definition) is 12. The quantitative estimate of drug-likeness (QED) is 0.0887. The minimum absolute atomic E-state index is 0.219. The van der Waals surface area contributed by atoms with E-state index in [1.807, 2.05) is 0 Å². The maximum atomic E-state index is 13.6. The first-order chi connectivity index (χ1) is 24.0. The van der Waals surface area contributed by atoms with Crippen LogP contribution in [0.5, 0.6) is 0 Å². The van der Waals surface area contributed by atoms with Crippen molar-refractivity contribution in [2.45, 2.75) is 26.4 Å². The Balaban J connectivity index is 1.51. The average molecular weight is 934 g/mol. The smallest absolute Gasteiger partial charge is 0.339 e. The lowest BCUT2D eigenvalue weighted by Gasteiger charge is -2.15. The summed E-state index contributed by atoms with van der Waals surface area (Å²) >= 11 is 13.3. The number of halogens is 4. The van der Waals surface area contributed by atoms with Gasteiger partial charge in [0.15, 0.2) is 0 Å². The topological polar surface area (TPSA) is 157 Å². The van der Waals surface area contributed by atoms with E-state index in [0.717, 1.165) is 12.1 Å². The molecule has 0 aliphatic carbocycles. The van der Waals surface area contributed by atoms with Crippen molar-refractivity contribution < 1.29 is 38.1 Å². The second-order valence-corrected chi connectivity index (χ2v) is 14.0. The number of carbonyl (C=O) groups is 4. The molecule has 0 radical (unpaired) electrons. The highest BCUT2D eigenvalue weighted by atomic mass is 79.9. The Labute approximate surface area is 318 Å². The first kappa shape index (κ1) is 36.9. The van der Waals surface area contributed by atoms with Crippen LogP contribution in [0.1, 0.15) is 63.7 Å². The van der Waals surface area contributed by atoms with Gasteiger partial charge in [0.25, 0.3) is 0 Å². The van der Waals surface area contributed by atoms with E-state index >= 15 is 0 Å². The molecular formula is C34H22Br4N4O8. The fourth-order valence-corrected chi connectivity index (χ4v) is 5.97. The molecule has 4 heterocycles. The molecule has 0 aliphatic rings. The number of aromatic nitrogens is 4. The Morgan fingerprint density at radius 3 is 0.800 bits per heavy atom. The van der Waals surface area contributed by atoms with Gasteiger partial charge in [0, 0.05) is 89.7 Å². The van der Waals surface area contributed by atoms with Gasteiger partial charge in [-0.15, -0.1) is 0 Å². The van der Waals surface area contributed by atoms with E-state index in [9.17, 15) is 19.2 Å². The fourth-order valence-electron chi connectivity index (χ4n) is 4.32. The van der Waals surface area contributed by atoms with Crippen molar-refractivity contribution >= 4 is 87.6 Å². The lowest BCUT2D eigenvalue weighted by molar-refractivity contribution is 0.0408. The largest absolute Gasteiger partial charge is 0.457 e. The van der Waals surface area contributed by atoms with Crippen LogP contribution in [0.3, 0.4) is 0 Å². The molecule has 16 heteroatoms. The number of carbonyl (C=O) groups excluding carboxylic acids is 4. The SMILES string of the molecule is O=C(OCc1cncc(Br)c1)c1cc(C(=O)OCc2cncc(Br)c2)c(C(=O)OCc2cncc(Br)c2)cc1C(=O)OCc1cncc(Br)c1. The molecule has 1 aromatic carbocycles. The number of nitrogens with zero attached hydrogens (tertiary/aromatic N) is 4. The van der Waals surface area contributed by atoms with Gasteiger partial charge in [-0.25, -0.2) is 19.2 Å². The van der Waals surface area contributed by atoms with Crippen LogP contribution in [0.2, 0.25) is 0 Å². The summed E-state index contributed by atoms with van der Waals surface area (Å²) in [5.41, 5.74) is 0.769. The third kappa shape index (κ3) is 10.3. The maximum Gasteiger partial charge on any atom is 0.339 e. The van der Waals surface area contributed by atoms with Crippen LogP contribution in [-0.4, -0.2) is 43.8 Å². The van der Waals surface area contributed by atoms with Gasteiger partial charge in [-0.1, -0.05) is 0 Å². The maximum absolute atomic E-state index is 13.6. The molecule has 0 fully saturated rings. The first-order valence-electron chi connectivity index (χ1n) is 14.3. The molecule has 0 atom stereocenters. The predicted octanol–water partition coefficient (Wildman–Crippen LogP) is 7.74. The Morgan fingerprint density at radius 1 is 0.380 bits per heavy atom. The van der Waals surface area contributed by atoms with Crippen LogP contribution in [0.15, 0.2) is 104 Å². The molecule has 0 spiro atoms. The van der Waals surface area contributed by atoms with E-state index in [2.05, 4.69) is 83.7 Å². The Hall–Kier alpha value is -4.38. The Bertz CT molecular complexity index is 1790. The highest BCUT2D eigenvalue weighted by Gasteiger charge is 2.29. The molecule has 0 unspecified atom stereocenters. The van der Waals surface area contributed by atoms with Crippen molar-refractivity contribution in [3.8, 4) is 0 Å². The monoisotopic (exact) mass is 930 g/mol. The van der Waals surface area contributed by atoms with Crippen LogP contribution in [0, 0.1) is 0 Å². The number of rotatable bonds is 12. The molecule has 0 saturated carbocycles. The molecule has 0 N–H and O–H groups in total. The standard InChI is InChI=1S/C34H22Br4N4O8/c35-23-1-19(7-39-11-23)15-47-31(43)27-5-29(33(45)49-17-21-3-25(37)13-41-9-21)30(34(46)50-18-22-4-26(38)14-42-10-22)6-28(27)32(44)48-16-20-2-24(36)12-40-8-20/h1-14H,15-18H2. The van der Waals surface area contributed by atoms with Crippen LogP contribution in [-0.2, 0) is 45.4 Å². The van der Waals surface area contributed by atoms with E-state index in [0.29, 0.717) is 40.1 Å². The zero-order valence-corrected chi connectivity index (χ0v) is 31.8. The molecule has 5 rings (SSSR count). The zero-order valence-electron chi connectivity index (χ0n) is 25.5. The minimum Gasteiger partial charge on any atom is -0.457 e. The third-order valence-electron chi connectivity index (χ3n) is 6.56. The summed E-state index contributed by atoms with van der Waals surface area (Å²) in [5.74, 6) is -3.92. The number of hydrogen-bond donors (Lipinski definition) is 0. The molecule has 0 amide bonds. The number of esters is 4. The molecule has 4 aromatic heterocycles. The second kappa shape index (κ2) is 17.5. The summed E-state index contributed by atoms with van der Waals surface area (Å²) in [4.78, 5) is 70.6. The van der Waals surface area contributed by atoms with Gasteiger partial charge in [0.1, 0.15) is 26.4 Å². The van der Waals surface area contributed by atoms with E-state index in [1.165, 1.54) is 24.8 Å². The van der Waals surface area contributed by atoms with E-state index in [4.69, 9.17) is 18.9 Å². The molecule has 12 nitrogen and oxygen atoms in total. The van der Waals surface area contributed by atoms with Crippen LogP contribution in [0.25, 0.3) is 0 Å². The van der Waals surface area contributed by atoms with Crippen molar-refractivity contribution in [2.75, 3.05) is 0 Å². The lowest BCUT2D eigenvalue weighted by Crippen LogP contribution is -2.20. The molecule has 254 valence electrons. The first-order valence-corrected chi connectivity index (χ1v) is 17.5. The van der Waals surface area contributed by atoms with Gasteiger partial charge in [-0.2, -0.15) is 0 Å². The molecule has 0 aliphatic heterocycles. The van der Waals surface area contributed by atoms with Gasteiger partial charge in [-0.3, -0.25) is 19.9 Å². The van der Waals surface area contributed by atoms with Crippen LogP contribution < -0.4 is 0 Å². The Kier molecular flexibility index (Phi) is 12.9. The van der Waals surface area contributed by atoms with E-state index in [1.54, 1.807) is 49.1 Å². The number of benzene rings is 1. The van der Waals surface area contributed by atoms with Crippen molar-refractivity contribution in [3.05, 3.63) is 148 Å². The van der Waals surface area contributed by atoms with Gasteiger partial charge in [0.2, 0.25) is 0 Å². The molecule has 5 aromatic rings. The van der Waals surface area contributed by atoms with Crippen LogP contribution in [0.4, 0.5) is 0 Å². The number of pyridine rings is 4. The number of ether oxygens (including phenoxy) is 4. The highest BCUT2D eigenvalue weighted by Crippen LogP contribution is 2.25. The van der Waals surface area contributed by atoms with E-state index in [-0.39, 0.29) is 48.7 Å². The fraction of sp³-hybridized carbons (Fsp3) is 0.118. The summed E-state index contributed by atoms with van der Waals surface area (Å²) in [6, 6.07) is 8.89. The van der Waals surface area contributed by atoms with Gasteiger partial charge in [0.05, 0.1) is 22.3 Å². The summed E-state index contributed by atoms with van der Waals surface area (Å²) in [6.07, 6.45) is 12.2. The molecular weight excluding hydrogens is 912 g/mol. The third-order valence-corrected chi connectivity index (χ3v) is 8.30. The highest BCUT2D eigenvalue weighted by molar-refractivity contribution is 9.11. The summed E-state index contributed by atoms with van der Waals surface area (Å²) in [6.45, 7) is -0.875. The second-order valence-electron chi connectivity index (χ2n) is 10.3. The van der Waals surface area contributed by atoms with Crippen molar-refractivity contribution in [1.29, 1.82) is 0 Å². The molecule has 0 bridgehead atoms. The average Bonchev–Trinajstić information content (AvgIpc) is 3.10. The predicted molar refractivity (Wildman–Crippen MR) is 191 cm³/mol. The Morgan fingerprint density at radius 2 is 0.600 bits per heavy atom. The molecule has 0 saturated heterocycles. The summed E-state index contributed by atoms with van der Waals surface area (Å²) < 4.78 is 24.7. The van der Waals surface area contributed by atoms with Gasteiger partial charge in [-0.05, 0) is 100 Å². The normalized spacial score (nSPS) is 10.6. The minimum atomic E-state index is -0.980. The zero-order chi connectivity index (χ0) is 35.6. The van der Waals surface area contributed by atoms with E-state index < -0.39 is 23.9 Å².